The first-order chi connectivity index (χ1) is 28.6. The van der Waals surface area contributed by atoms with Crippen molar-refractivity contribution in [2.24, 2.45) is 0 Å². The minimum absolute atomic E-state index is 0.000484. The van der Waals surface area contributed by atoms with E-state index in [-0.39, 0.29) is 58.2 Å². The van der Waals surface area contributed by atoms with Crippen LogP contribution in [0.4, 0.5) is 0 Å². The van der Waals surface area contributed by atoms with Gasteiger partial charge >= 0.3 is 178 Å². The number of carbonyl (C=O) groups excluding carboxylic acids is 4. The third kappa shape index (κ3) is 28.9. The van der Waals surface area contributed by atoms with Crippen molar-refractivity contribution in [1.29, 1.82) is 0 Å². The molecule has 2 saturated heterocycles. The second kappa shape index (κ2) is 29.9. The monoisotopic (exact) mass is 973 g/mol. The average Bonchev–Trinajstić information content (AvgIpc) is 3.11. The summed E-state index contributed by atoms with van der Waals surface area (Å²) in [5.74, 6) is -0.549. The van der Waals surface area contributed by atoms with E-state index in [1.54, 1.807) is 0 Å². The van der Waals surface area contributed by atoms with Gasteiger partial charge < -0.3 is 20.1 Å². The Kier molecular flexibility index (Phi) is 28.3. The Hall–Kier alpha value is -1.40. The number of hydrogen-bond donors (Lipinski definition) is 2. The number of carbonyl (C=O) groups is 4. The van der Waals surface area contributed by atoms with E-state index < -0.39 is 19.2 Å². The fourth-order valence-corrected chi connectivity index (χ4v) is 19.8. The first-order valence-corrected chi connectivity index (χ1v) is 31.3. The Morgan fingerprint density at radius 1 is 0.443 bits per heavy atom. The van der Waals surface area contributed by atoms with Gasteiger partial charge in [0.15, 0.2) is 0 Å². The molecule has 0 amide bonds. The number of esters is 2. The van der Waals surface area contributed by atoms with Crippen LogP contribution in [-0.2, 0) is 34.8 Å². The Bertz CT molecular complexity index is 1150. The molecule has 0 aromatic carbocycles. The fraction of sp³-hybridized carbons (Fsp3) is 0.920. The quantitative estimate of drug-likeness (QED) is 0.0425. The molecule has 2 fully saturated rings. The van der Waals surface area contributed by atoms with Gasteiger partial charge in [0.05, 0.1) is 0 Å². The fourth-order valence-electron chi connectivity index (χ4n) is 9.70. The van der Waals surface area contributed by atoms with Crippen LogP contribution in [0.1, 0.15) is 250 Å². The van der Waals surface area contributed by atoms with Crippen LogP contribution in [0.3, 0.4) is 0 Å². The Balaban J connectivity index is 0.000000629. The summed E-state index contributed by atoms with van der Waals surface area (Å²) in [5.41, 5.74) is -0.0559. The third-order valence-electron chi connectivity index (χ3n) is 11.8. The van der Waals surface area contributed by atoms with Crippen molar-refractivity contribution in [3.63, 3.8) is 0 Å². The number of hydrogen-bond acceptors (Lipinski definition) is 10. The molecule has 2 N–H and O–H groups in total. The van der Waals surface area contributed by atoms with Gasteiger partial charge in [-0.1, -0.05) is 32.6 Å². The van der Waals surface area contributed by atoms with Gasteiger partial charge in [-0.3, -0.25) is 9.59 Å². The summed E-state index contributed by atoms with van der Waals surface area (Å²) in [6, 6.07) is 0. The summed E-state index contributed by atoms with van der Waals surface area (Å²) in [5, 5.41) is 7.25. The predicted molar refractivity (Wildman–Crippen MR) is 253 cm³/mol. The molecule has 0 atom stereocenters. The van der Waals surface area contributed by atoms with Gasteiger partial charge in [0.25, 0.3) is 0 Å². The molecule has 2 aliphatic rings. The van der Waals surface area contributed by atoms with Crippen LogP contribution in [0.2, 0.25) is 8.87 Å². The van der Waals surface area contributed by atoms with E-state index in [9.17, 15) is 19.2 Å². The van der Waals surface area contributed by atoms with Crippen LogP contribution in [0.5, 0.6) is 0 Å². The Labute approximate surface area is 380 Å². The van der Waals surface area contributed by atoms with Crippen molar-refractivity contribution in [2.45, 2.75) is 293 Å². The molecule has 0 unspecified atom stereocenters. The standard InChI is InChI=1S/C28H52N2O4.C12H24O2.2C4H9.C2H4O2.Sn/c1-25(2)17-21(18-26(3,4)29-25)33-23(31)15-13-11-9-10-12-14-16-24(32)34-22-19-27(5,6)30-28(7,8)20-22;1-2-3-4-5-6-7-8-9-10-11-12(13)14;2*1-3-4-2;1-2(3)4;/h21-22,29-30H,9-20H2,1-8H3;2-11H2,1H3,(H,13,14);2*1,3-4H2,2H3;1H3,(H,3,4);/q;;;;;+2/p-2. The van der Waals surface area contributed by atoms with Gasteiger partial charge in [0.2, 0.25) is 0 Å². The molecular formula is C50H96N2O8Sn. The summed E-state index contributed by atoms with van der Waals surface area (Å²) in [6.07, 6.45) is 26.0. The van der Waals surface area contributed by atoms with Crippen LogP contribution >= 0.6 is 0 Å². The molecule has 2 aliphatic heterocycles. The first-order valence-electron chi connectivity index (χ1n) is 24.9. The summed E-state index contributed by atoms with van der Waals surface area (Å²) in [4.78, 5) is 48.6. The van der Waals surface area contributed by atoms with Crippen molar-refractivity contribution < 1.29 is 34.8 Å². The van der Waals surface area contributed by atoms with Crippen LogP contribution in [0, 0.1) is 0 Å². The van der Waals surface area contributed by atoms with E-state index >= 15 is 0 Å². The van der Waals surface area contributed by atoms with Crippen molar-refractivity contribution in [1.82, 2.24) is 10.6 Å². The molecular weight excluding hydrogens is 875 g/mol. The van der Waals surface area contributed by atoms with Crippen molar-refractivity contribution in [2.75, 3.05) is 0 Å². The van der Waals surface area contributed by atoms with Gasteiger partial charge in [0.1, 0.15) is 12.2 Å². The predicted octanol–water partition coefficient (Wildman–Crippen LogP) is 12.9. The molecule has 0 aliphatic carbocycles. The molecule has 61 heavy (non-hydrogen) atoms. The van der Waals surface area contributed by atoms with E-state index in [0.717, 1.165) is 112 Å². The minimum atomic E-state index is -3.62. The molecule has 2 rings (SSSR count). The molecule has 0 spiro atoms. The van der Waals surface area contributed by atoms with Gasteiger partial charge in [-0.05, 0) is 68.2 Å². The maximum atomic E-state index is 12.4. The van der Waals surface area contributed by atoms with E-state index in [2.05, 4.69) is 86.8 Å². The van der Waals surface area contributed by atoms with Crippen LogP contribution in [0.25, 0.3) is 0 Å². The topological polar surface area (TPSA) is 129 Å². The van der Waals surface area contributed by atoms with Crippen molar-refractivity contribution in [3.8, 4) is 0 Å². The summed E-state index contributed by atoms with van der Waals surface area (Å²) < 4.78 is 24.9. The maximum absolute atomic E-state index is 12.4. The molecule has 0 bridgehead atoms. The van der Waals surface area contributed by atoms with Crippen LogP contribution in [0.15, 0.2) is 0 Å². The third-order valence-corrected chi connectivity index (χ3v) is 21.8. The molecule has 2 heterocycles. The van der Waals surface area contributed by atoms with Crippen LogP contribution in [-0.4, -0.2) is 77.4 Å². The van der Waals surface area contributed by atoms with Crippen LogP contribution < -0.4 is 10.6 Å². The van der Waals surface area contributed by atoms with Gasteiger partial charge in [0, 0.05) is 60.7 Å². The molecule has 358 valence electrons. The second-order valence-electron chi connectivity index (χ2n) is 21.2. The SMILES string of the molecule is CC1(C)CC(OC(=O)CCCCCCCCC(=O)OC2CC(C)(C)NC(C)(C)C2)CC(C)(C)N1.CCCCCCCCCCCC(=O)[O][Sn]([CH2]CCC)([CH2]CCC)[O]C(C)=O. The molecule has 0 aromatic rings. The number of piperidine rings is 2. The first kappa shape index (κ1) is 57.6. The van der Waals surface area contributed by atoms with E-state index in [4.69, 9.17) is 15.6 Å². The number of rotatable bonds is 29. The molecule has 10 nitrogen and oxygen atoms in total. The molecule has 0 aromatic heterocycles. The van der Waals surface area contributed by atoms with E-state index in [0.29, 0.717) is 19.3 Å². The van der Waals surface area contributed by atoms with Crippen molar-refractivity contribution >= 4 is 43.1 Å². The Morgan fingerprint density at radius 2 is 0.738 bits per heavy atom. The zero-order valence-electron chi connectivity index (χ0n) is 41.7. The van der Waals surface area contributed by atoms with Gasteiger partial charge in [-0.2, -0.15) is 0 Å². The molecule has 0 saturated carbocycles. The second-order valence-corrected chi connectivity index (χ2v) is 30.4. The normalized spacial score (nSPS) is 18.4. The molecule has 11 heteroatoms. The van der Waals surface area contributed by atoms with Gasteiger partial charge in [-0.15, -0.1) is 0 Å². The summed E-state index contributed by atoms with van der Waals surface area (Å²) >= 11 is -3.62. The molecule has 0 radical (unpaired) electrons. The van der Waals surface area contributed by atoms with E-state index in [1.807, 2.05) is 0 Å². The average molecular weight is 972 g/mol. The Morgan fingerprint density at radius 3 is 1.05 bits per heavy atom. The summed E-state index contributed by atoms with van der Waals surface area (Å²) in [6.45, 7) is 25.3. The zero-order chi connectivity index (χ0) is 46.0. The number of nitrogens with one attached hydrogen (secondary N) is 2. The van der Waals surface area contributed by atoms with Crippen molar-refractivity contribution in [3.05, 3.63) is 0 Å². The zero-order valence-corrected chi connectivity index (χ0v) is 44.6. The summed E-state index contributed by atoms with van der Waals surface area (Å²) in [7, 11) is 0. The van der Waals surface area contributed by atoms with Gasteiger partial charge in [-0.25, -0.2) is 0 Å². The number of ether oxygens (including phenoxy) is 2. The van der Waals surface area contributed by atoms with E-state index in [1.165, 1.54) is 51.9 Å². The number of unbranched alkanes of at least 4 members (excludes halogenated alkanes) is 15.